The minimum Gasteiger partial charge on any atom is -0.396 e. The van der Waals surface area contributed by atoms with Crippen molar-refractivity contribution in [3.8, 4) is 0 Å². The Hall–Kier alpha value is -0.970. The van der Waals surface area contributed by atoms with Gasteiger partial charge in [0.2, 0.25) is 0 Å². The van der Waals surface area contributed by atoms with E-state index in [-0.39, 0.29) is 24.7 Å². The minimum absolute atomic E-state index is 0.00740. The molecule has 0 saturated heterocycles. The molecule has 0 saturated carbocycles. The molecule has 112 valence electrons. The summed E-state index contributed by atoms with van der Waals surface area (Å²) in [5.74, 6) is -0.377. The summed E-state index contributed by atoms with van der Waals surface area (Å²) in [6.07, 6.45) is 5.43. The van der Waals surface area contributed by atoms with Gasteiger partial charge < -0.3 is 15.3 Å². The van der Waals surface area contributed by atoms with Crippen LogP contribution in [0.4, 0.5) is 0 Å². The predicted molar refractivity (Wildman–Crippen MR) is 75.9 cm³/mol. The molecule has 0 bridgehead atoms. The van der Waals surface area contributed by atoms with Crippen LogP contribution in [0.1, 0.15) is 33.6 Å². The summed E-state index contributed by atoms with van der Waals surface area (Å²) in [6, 6.07) is 0. The van der Waals surface area contributed by atoms with Crippen molar-refractivity contribution in [3.63, 3.8) is 0 Å². The normalized spacial score (nSPS) is 43.9. The molecule has 0 radical (unpaired) electrons. The average Bonchev–Trinajstić information content (AvgIpc) is 2.33. The number of rotatable bonds is 3. The number of hydrogen-bond donors (Lipinski definition) is 3. The van der Waals surface area contributed by atoms with Crippen LogP contribution in [-0.2, 0) is 4.79 Å². The number of aliphatic hydroxyl groups excluding tert-OH is 2. The summed E-state index contributed by atoms with van der Waals surface area (Å²) in [5, 5.41) is 30.2. The minimum atomic E-state index is -1.33. The molecule has 0 aromatic rings. The number of carbonyl (C=O) groups is 1. The van der Waals surface area contributed by atoms with Gasteiger partial charge in [0.25, 0.3) is 0 Å². The zero-order valence-electron chi connectivity index (χ0n) is 12.3. The second kappa shape index (κ2) is 5.10. The Bertz CT molecular complexity index is 463. The highest BCUT2D eigenvalue weighted by Gasteiger charge is 2.57. The van der Waals surface area contributed by atoms with E-state index in [1.165, 1.54) is 0 Å². The van der Waals surface area contributed by atoms with E-state index in [0.717, 1.165) is 5.57 Å². The highest BCUT2D eigenvalue weighted by molar-refractivity contribution is 5.87. The van der Waals surface area contributed by atoms with E-state index < -0.39 is 23.0 Å². The monoisotopic (exact) mass is 280 g/mol. The fourth-order valence-electron chi connectivity index (χ4n) is 3.68. The molecule has 3 N–H and O–H groups in total. The maximum Gasteiger partial charge on any atom is 0.144 e. The lowest BCUT2D eigenvalue weighted by Gasteiger charge is -2.51. The van der Waals surface area contributed by atoms with Crippen LogP contribution in [0.15, 0.2) is 23.8 Å². The molecule has 4 heteroatoms. The van der Waals surface area contributed by atoms with Crippen LogP contribution in [0.3, 0.4) is 0 Å². The Balaban J connectivity index is 2.54. The predicted octanol–water partition coefficient (Wildman–Crippen LogP) is 1.21. The van der Waals surface area contributed by atoms with Crippen LogP contribution in [0.2, 0.25) is 0 Å². The molecule has 2 aliphatic carbocycles. The van der Waals surface area contributed by atoms with Gasteiger partial charge in [-0.3, -0.25) is 4.79 Å². The van der Waals surface area contributed by atoms with Crippen molar-refractivity contribution in [2.75, 3.05) is 6.61 Å². The molecule has 5 atom stereocenters. The molecule has 2 aliphatic rings. The first-order valence-corrected chi connectivity index (χ1v) is 7.19. The molecule has 0 amide bonds. The SMILES string of the molecule is CC1C=C2C=CC(C)(O)C(C)(C(=O)CCO)C2C(O)C1. The smallest absolute Gasteiger partial charge is 0.144 e. The summed E-state index contributed by atoms with van der Waals surface area (Å²) in [7, 11) is 0. The van der Waals surface area contributed by atoms with Crippen molar-refractivity contribution in [3.05, 3.63) is 23.8 Å². The van der Waals surface area contributed by atoms with Gasteiger partial charge in [-0.25, -0.2) is 0 Å². The van der Waals surface area contributed by atoms with Crippen molar-refractivity contribution in [2.45, 2.75) is 45.3 Å². The fourth-order valence-corrected chi connectivity index (χ4v) is 3.68. The highest BCUT2D eigenvalue weighted by Crippen LogP contribution is 2.52. The number of hydrogen-bond acceptors (Lipinski definition) is 4. The summed E-state index contributed by atoms with van der Waals surface area (Å²) in [5.41, 5.74) is -1.53. The molecular formula is C16H24O4. The van der Waals surface area contributed by atoms with E-state index in [4.69, 9.17) is 5.11 Å². The first-order chi connectivity index (χ1) is 9.24. The van der Waals surface area contributed by atoms with Crippen molar-refractivity contribution >= 4 is 5.78 Å². The molecule has 20 heavy (non-hydrogen) atoms. The maximum atomic E-state index is 12.5. The molecule has 4 nitrogen and oxygen atoms in total. The third-order valence-corrected chi connectivity index (χ3v) is 5.03. The quantitative estimate of drug-likeness (QED) is 0.726. The summed E-state index contributed by atoms with van der Waals surface area (Å²) < 4.78 is 0. The Morgan fingerprint density at radius 1 is 1.45 bits per heavy atom. The lowest BCUT2D eigenvalue weighted by atomic mass is 9.54. The molecule has 0 aromatic heterocycles. The summed E-state index contributed by atoms with van der Waals surface area (Å²) in [6.45, 7) is 5.08. The van der Waals surface area contributed by atoms with Crippen molar-refractivity contribution in [1.29, 1.82) is 0 Å². The van der Waals surface area contributed by atoms with Crippen molar-refractivity contribution < 1.29 is 20.1 Å². The molecule has 5 unspecified atom stereocenters. The van der Waals surface area contributed by atoms with E-state index in [9.17, 15) is 15.0 Å². The highest BCUT2D eigenvalue weighted by atomic mass is 16.3. The third kappa shape index (κ3) is 2.16. The first-order valence-electron chi connectivity index (χ1n) is 7.19. The molecule has 0 aliphatic heterocycles. The average molecular weight is 280 g/mol. The van der Waals surface area contributed by atoms with Crippen LogP contribution in [0.5, 0.6) is 0 Å². The number of carbonyl (C=O) groups excluding carboxylic acids is 1. The number of Topliss-reactive ketones (excluding diaryl/α,β-unsaturated/α-hetero) is 1. The molecule has 0 heterocycles. The lowest BCUT2D eigenvalue weighted by Crippen LogP contribution is -2.59. The van der Waals surface area contributed by atoms with Gasteiger partial charge in [0, 0.05) is 18.9 Å². The second-order valence-electron chi connectivity index (χ2n) is 6.50. The van der Waals surface area contributed by atoms with Crippen molar-refractivity contribution in [2.24, 2.45) is 17.3 Å². The van der Waals surface area contributed by atoms with Crippen LogP contribution in [-0.4, -0.2) is 39.4 Å². The van der Waals surface area contributed by atoms with E-state index in [0.29, 0.717) is 6.42 Å². The van der Waals surface area contributed by atoms with Crippen LogP contribution < -0.4 is 0 Å². The second-order valence-corrected chi connectivity index (χ2v) is 6.50. The van der Waals surface area contributed by atoms with Gasteiger partial charge in [0.05, 0.1) is 17.1 Å². The van der Waals surface area contributed by atoms with E-state index in [2.05, 4.69) is 6.08 Å². The zero-order chi connectivity index (χ0) is 15.1. The largest absolute Gasteiger partial charge is 0.396 e. The lowest BCUT2D eigenvalue weighted by molar-refractivity contribution is -0.152. The Morgan fingerprint density at radius 3 is 2.70 bits per heavy atom. The van der Waals surface area contributed by atoms with Gasteiger partial charge in [0.1, 0.15) is 5.78 Å². The van der Waals surface area contributed by atoms with Gasteiger partial charge >= 0.3 is 0 Å². The summed E-state index contributed by atoms with van der Waals surface area (Å²) in [4.78, 5) is 12.5. The van der Waals surface area contributed by atoms with Gasteiger partial charge in [-0.2, -0.15) is 0 Å². The van der Waals surface area contributed by atoms with Crippen LogP contribution >= 0.6 is 0 Å². The number of fused-ring (bicyclic) bond motifs is 1. The van der Waals surface area contributed by atoms with Crippen LogP contribution in [0.25, 0.3) is 0 Å². The maximum absolute atomic E-state index is 12.5. The third-order valence-electron chi connectivity index (χ3n) is 5.03. The first kappa shape index (κ1) is 15.4. The van der Waals surface area contributed by atoms with E-state index in [1.807, 2.05) is 13.0 Å². The summed E-state index contributed by atoms with van der Waals surface area (Å²) >= 11 is 0. The topological polar surface area (TPSA) is 77.8 Å². The molecule has 0 fully saturated rings. The van der Waals surface area contributed by atoms with E-state index in [1.54, 1.807) is 19.9 Å². The van der Waals surface area contributed by atoms with Crippen LogP contribution in [0, 0.1) is 17.3 Å². The Labute approximate surface area is 119 Å². The van der Waals surface area contributed by atoms with E-state index >= 15 is 0 Å². The fraction of sp³-hybridized carbons (Fsp3) is 0.688. The molecule has 0 spiro atoms. The molecule has 2 rings (SSSR count). The number of allylic oxidation sites excluding steroid dienone is 2. The zero-order valence-corrected chi connectivity index (χ0v) is 12.3. The van der Waals surface area contributed by atoms with Gasteiger partial charge in [-0.05, 0) is 31.8 Å². The van der Waals surface area contributed by atoms with Gasteiger partial charge in [0.15, 0.2) is 0 Å². The molecule has 0 aromatic carbocycles. The standard InChI is InChI=1S/C16H24O4/c1-10-8-11-4-6-15(2,20)16(3,13(19)5-7-17)14(11)12(18)9-10/h4,6,8,10,12,14,17-18,20H,5,7,9H2,1-3H3. The Kier molecular flexibility index (Phi) is 3.93. The molecular weight excluding hydrogens is 256 g/mol. The number of aliphatic hydroxyl groups is 3. The number of ketones is 1. The van der Waals surface area contributed by atoms with Crippen molar-refractivity contribution in [1.82, 2.24) is 0 Å². The Morgan fingerprint density at radius 2 is 2.10 bits per heavy atom. The van der Waals surface area contributed by atoms with Gasteiger partial charge in [-0.1, -0.05) is 25.2 Å². The van der Waals surface area contributed by atoms with Gasteiger partial charge in [-0.15, -0.1) is 0 Å².